The molecule has 0 aromatic heterocycles. The molecule has 28 heavy (non-hydrogen) atoms. The molecule has 152 valence electrons. The van der Waals surface area contributed by atoms with E-state index in [2.05, 4.69) is 5.32 Å². The summed E-state index contributed by atoms with van der Waals surface area (Å²) in [6.45, 7) is 0.325. The Bertz CT molecular complexity index is 782. The summed E-state index contributed by atoms with van der Waals surface area (Å²) in [6, 6.07) is 8.72. The van der Waals surface area contributed by atoms with Crippen LogP contribution in [-0.4, -0.2) is 24.5 Å². The molecule has 2 amide bonds. The molecular weight excluding hydrogens is 386 g/mol. The van der Waals surface area contributed by atoms with Crippen molar-refractivity contribution in [3.05, 3.63) is 70.8 Å². The average molecular weight is 404 g/mol. The highest BCUT2D eigenvalue weighted by molar-refractivity contribution is 5.73. The molecule has 0 radical (unpaired) electrons. The lowest BCUT2D eigenvalue weighted by Gasteiger charge is -2.18. The molecule has 9 heteroatoms. The Morgan fingerprint density at radius 3 is 1.68 bits per heavy atom. The minimum atomic E-state index is -4.42. The van der Waals surface area contributed by atoms with Gasteiger partial charge in [-0.05, 0) is 41.8 Å². The molecule has 0 aliphatic rings. The van der Waals surface area contributed by atoms with E-state index in [0.29, 0.717) is 17.5 Å². The largest absolute Gasteiger partial charge is 0.416 e. The number of hydrogen-bond donors (Lipinski definition) is 1. The first-order valence-electron chi connectivity index (χ1n) is 8.28. The number of nitrogens with zero attached hydrogens (tertiary/aromatic N) is 1. The second-order valence-electron chi connectivity index (χ2n) is 6.23. The van der Waals surface area contributed by atoms with E-state index in [0.717, 1.165) is 24.3 Å². The number of urea groups is 1. The SMILES string of the molecule is CN(Cc1ccc(C(F)(F)F)cc1)C(=O)NCCc1ccc(C(F)(F)F)cc1. The Morgan fingerprint density at radius 1 is 0.821 bits per heavy atom. The molecule has 1 N–H and O–H groups in total. The standard InChI is InChI=1S/C19H18F6N2O/c1-27(12-14-4-8-16(9-5-14)19(23,24)25)17(28)26-11-10-13-2-6-15(7-3-13)18(20,21)22/h2-9H,10-12H2,1H3,(H,26,28). The molecule has 0 heterocycles. The zero-order valence-corrected chi connectivity index (χ0v) is 14.9. The van der Waals surface area contributed by atoms with Crippen LogP contribution in [0, 0.1) is 0 Å². The molecule has 2 aromatic rings. The van der Waals surface area contributed by atoms with Gasteiger partial charge in [0.05, 0.1) is 11.1 Å². The smallest absolute Gasteiger partial charge is 0.338 e. The van der Waals surface area contributed by atoms with Crippen LogP contribution in [0.3, 0.4) is 0 Å². The second kappa shape index (κ2) is 8.53. The summed E-state index contributed by atoms with van der Waals surface area (Å²) in [5.41, 5.74) is -0.330. The van der Waals surface area contributed by atoms with Gasteiger partial charge in [-0.2, -0.15) is 26.3 Å². The fraction of sp³-hybridized carbons (Fsp3) is 0.316. The number of nitrogens with one attached hydrogen (secondary N) is 1. The van der Waals surface area contributed by atoms with Crippen molar-refractivity contribution in [2.75, 3.05) is 13.6 Å². The van der Waals surface area contributed by atoms with E-state index in [1.807, 2.05) is 0 Å². The third-order valence-electron chi connectivity index (χ3n) is 4.02. The lowest BCUT2D eigenvalue weighted by atomic mass is 10.1. The predicted molar refractivity (Wildman–Crippen MR) is 91.5 cm³/mol. The van der Waals surface area contributed by atoms with Crippen LogP contribution in [0.4, 0.5) is 31.1 Å². The van der Waals surface area contributed by atoms with E-state index in [4.69, 9.17) is 0 Å². The highest BCUT2D eigenvalue weighted by atomic mass is 19.4. The van der Waals surface area contributed by atoms with Gasteiger partial charge in [0.25, 0.3) is 0 Å². The fourth-order valence-electron chi connectivity index (χ4n) is 2.45. The monoisotopic (exact) mass is 404 g/mol. The van der Waals surface area contributed by atoms with E-state index in [-0.39, 0.29) is 13.1 Å². The van der Waals surface area contributed by atoms with Gasteiger partial charge in [0.15, 0.2) is 0 Å². The Balaban J connectivity index is 1.81. The Labute approximate surface area is 158 Å². The molecule has 0 fully saturated rings. The van der Waals surface area contributed by atoms with Crippen LogP contribution in [-0.2, 0) is 25.3 Å². The molecular formula is C19H18F6N2O. The van der Waals surface area contributed by atoms with Gasteiger partial charge in [-0.3, -0.25) is 0 Å². The third-order valence-corrected chi connectivity index (χ3v) is 4.02. The van der Waals surface area contributed by atoms with Gasteiger partial charge < -0.3 is 10.2 Å². The molecule has 0 saturated heterocycles. The topological polar surface area (TPSA) is 32.3 Å². The summed E-state index contributed by atoms with van der Waals surface area (Å²) < 4.78 is 75.1. The predicted octanol–water partition coefficient (Wildman–Crippen LogP) is 5.11. The van der Waals surface area contributed by atoms with Crippen molar-refractivity contribution in [3.8, 4) is 0 Å². The van der Waals surface area contributed by atoms with Crippen LogP contribution >= 0.6 is 0 Å². The minimum Gasteiger partial charge on any atom is -0.338 e. The zero-order valence-electron chi connectivity index (χ0n) is 14.9. The third kappa shape index (κ3) is 6.17. The summed E-state index contributed by atoms with van der Waals surface area (Å²) in [5.74, 6) is 0. The summed E-state index contributed by atoms with van der Waals surface area (Å²) >= 11 is 0. The Kier molecular flexibility index (Phi) is 6.58. The maximum atomic E-state index is 12.5. The van der Waals surface area contributed by atoms with E-state index >= 15 is 0 Å². The van der Waals surface area contributed by atoms with Gasteiger partial charge in [0, 0.05) is 20.1 Å². The molecule has 0 saturated carbocycles. The first-order valence-corrected chi connectivity index (χ1v) is 8.28. The van der Waals surface area contributed by atoms with Crippen molar-refractivity contribution < 1.29 is 31.1 Å². The number of halogens is 6. The van der Waals surface area contributed by atoms with Crippen molar-refractivity contribution in [2.24, 2.45) is 0 Å². The number of hydrogen-bond acceptors (Lipinski definition) is 1. The van der Waals surface area contributed by atoms with E-state index in [1.54, 1.807) is 0 Å². The van der Waals surface area contributed by atoms with Crippen LogP contribution in [0.1, 0.15) is 22.3 Å². The summed E-state index contributed by atoms with van der Waals surface area (Å²) in [5, 5.41) is 2.62. The van der Waals surface area contributed by atoms with Gasteiger partial charge in [0.1, 0.15) is 0 Å². The lowest BCUT2D eigenvalue weighted by Crippen LogP contribution is -2.37. The summed E-state index contributed by atoms with van der Waals surface area (Å²) in [6.07, 6.45) is -8.47. The van der Waals surface area contributed by atoms with Crippen LogP contribution in [0.2, 0.25) is 0 Å². The molecule has 0 aliphatic heterocycles. The number of alkyl halides is 6. The highest BCUT2D eigenvalue weighted by Gasteiger charge is 2.30. The van der Waals surface area contributed by atoms with E-state index < -0.39 is 29.5 Å². The molecule has 2 rings (SSSR count). The van der Waals surface area contributed by atoms with Gasteiger partial charge in [-0.15, -0.1) is 0 Å². The van der Waals surface area contributed by atoms with Gasteiger partial charge in [-0.1, -0.05) is 24.3 Å². The summed E-state index contributed by atoms with van der Waals surface area (Å²) in [7, 11) is 1.49. The van der Waals surface area contributed by atoms with Crippen molar-refractivity contribution in [2.45, 2.75) is 25.3 Å². The number of benzene rings is 2. The number of carbonyl (C=O) groups excluding carboxylic acids is 1. The first-order chi connectivity index (χ1) is 13.0. The highest BCUT2D eigenvalue weighted by Crippen LogP contribution is 2.30. The molecule has 0 bridgehead atoms. The van der Waals surface area contributed by atoms with Crippen LogP contribution in [0.25, 0.3) is 0 Å². The molecule has 2 aromatic carbocycles. The number of carbonyl (C=O) groups is 1. The second-order valence-corrected chi connectivity index (χ2v) is 6.23. The van der Waals surface area contributed by atoms with Gasteiger partial charge >= 0.3 is 18.4 Å². The van der Waals surface area contributed by atoms with Crippen molar-refractivity contribution in [3.63, 3.8) is 0 Å². The van der Waals surface area contributed by atoms with Crippen molar-refractivity contribution in [1.29, 1.82) is 0 Å². The average Bonchev–Trinajstić information content (AvgIpc) is 2.61. The molecule has 0 aliphatic carbocycles. The van der Waals surface area contributed by atoms with Crippen LogP contribution < -0.4 is 5.32 Å². The number of amides is 2. The maximum Gasteiger partial charge on any atom is 0.416 e. The molecule has 0 spiro atoms. The van der Waals surface area contributed by atoms with E-state index in [9.17, 15) is 31.1 Å². The van der Waals surface area contributed by atoms with Gasteiger partial charge in [-0.25, -0.2) is 4.79 Å². The van der Waals surface area contributed by atoms with Gasteiger partial charge in [0.2, 0.25) is 0 Å². The maximum absolute atomic E-state index is 12.5. The normalized spacial score (nSPS) is 12.0. The summed E-state index contributed by atoms with van der Waals surface area (Å²) in [4.78, 5) is 13.3. The van der Waals surface area contributed by atoms with Crippen LogP contribution in [0.15, 0.2) is 48.5 Å². The molecule has 0 unspecified atom stereocenters. The van der Waals surface area contributed by atoms with E-state index in [1.165, 1.54) is 36.2 Å². The Hall–Kier alpha value is -2.71. The number of rotatable bonds is 5. The minimum absolute atomic E-state index is 0.115. The molecule has 3 nitrogen and oxygen atoms in total. The zero-order chi connectivity index (χ0) is 20.9. The van der Waals surface area contributed by atoms with Crippen LogP contribution in [0.5, 0.6) is 0 Å². The quantitative estimate of drug-likeness (QED) is 0.691. The fourth-order valence-corrected chi connectivity index (χ4v) is 2.45. The first kappa shape index (κ1) is 21.6. The lowest BCUT2D eigenvalue weighted by molar-refractivity contribution is -0.138. The van der Waals surface area contributed by atoms with Crippen molar-refractivity contribution in [1.82, 2.24) is 10.2 Å². The Morgan fingerprint density at radius 2 is 1.25 bits per heavy atom. The molecule has 0 atom stereocenters. The van der Waals surface area contributed by atoms with Crippen molar-refractivity contribution >= 4 is 6.03 Å².